The van der Waals surface area contributed by atoms with E-state index in [9.17, 15) is 4.79 Å². The zero-order chi connectivity index (χ0) is 14.7. The van der Waals surface area contributed by atoms with Crippen molar-refractivity contribution in [3.8, 4) is 0 Å². The molecular formula is C17H25N3O. The number of carbonyl (C=O) groups excluding carboxylic acids is 1. The smallest absolute Gasteiger partial charge is 0.222 e. The second-order valence-electron chi connectivity index (χ2n) is 6.25. The first kappa shape index (κ1) is 14.5. The van der Waals surface area contributed by atoms with Gasteiger partial charge in [-0.25, -0.2) is 0 Å². The van der Waals surface area contributed by atoms with Crippen LogP contribution >= 0.6 is 0 Å². The fraction of sp³-hybridized carbons (Fsp3) is 0.588. The van der Waals surface area contributed by atoms with Gasteiger partial charge in [-0.1, -0.05) is 24.3 Å². The Labute approximate surface area is 127 Å². The fourth-order valence-corrected chi connectivity index (χ4v) is 3.35. The maximum absolute atomic E-state index is 12.3. The summed E-state index contributed by atoms with van der Waals surface area (Å²) >= 11 is 0. The lowest BCUT2D eigenvalue weighted by Crippen LogP contribution is -2.47. The van der Waals surface area contributed by atoms with Crippen LogP contribution in [0.2, 0.25) is 0 Å². The number of nitrogens with one attached hydrogen (secondary N) is 1. The Morgan fingerprint density at radius 3 is 2.81 bits per heavy atom. The molecule has 1 atom stereocenters. The highest BCUT2D eigenvalue weighted by Crippen LogP contribution is 2.27. The van der Waals surface area contributed by atoms with Gasteiger partial charge in [-0.15, -0.1) is 0 Å². The third kappa shape index (κ3) is 3.44. The molecule has 4 heteroatoms. The van der Waals surface area contributed by atoms with Gasteiger partial charge in [0.25, 0.3) is 0 Å². The van der Waals surface area contributed by atoms with Crippen LogP contribution in [0.25, 0.3) is 0 Å². The zero-order valence-electron chi connectivity index (χ0n) is 12.8. The standard InChI is InChI=1S/C17H25N3O/c1-19-8-10-20(11-9-19)17(21)7-6-15-13-18-12-14-4-2-3-5-16(14)15/h2-5,15,18H,6-13H2,1H3. The van der Waals surface area contributed by atoms with E-state index in [2.05, 4.69) is 41.5 Å². The molecule has 3 rings (SSSR count). The molecule has 114 valence electrons. The number of benzene rings is 1. The van der Waals surface area contributed by atoms with Crippen LogP contribution in [0, 0.1) is 0 Å². The van der Waals surface area contributed by atoms with E-state index in [0.29, 0.717) is 18.2 Å². The van der Waals surface area contributed by atoms with E-state index in [1.165, 1.54) is 11.1 Å². The van der Waals surface area contributed by atoms with E-state index in [4.69, 9.17) is 0 Å². The molecule has 0 aliphatic carbocycles. The predicted octanol–water partition coefficient (Wildman–Crippen LogP) is 1.43. The first-order chi connectivity index (χ1) is 10.2. The molecular weight excluding hydrogens is 262 g/mol. The van der Waals surface area contributed by atoms with Crippen molar-refractivity contribution in [1.82, 2.24) is 15.1 Å². The van der Waals surface area contributed by atoms with Crippen molar-refractivity contribution < 1.29 is 4.79 Å². The van der Waals surface area contributed by atoms with E-state index < -0.39 is 0 Å². The number of rotatable bonds is 3. The minimum Gasteiger partial charge on any atom is -0.340 e. The van der Waals surface area contributed by atoms with Crippen molar-refractivity contribution in [3.63, 3.8) is 0 Å². The zero-order valence-corrected chi connectivity index (χ0v) is 12.8. The average Bonchev–Trinajstić information content (AvgIpc) is 2.53. The normalized spacial score (nSPS) is 22.9. The van der Waals surface area contributed by atoms with Crippen molar-refractivity contribution in [3.05, 3.63) is 35.4 Å². The number of likely N-dealkylation sites (N-methyl/N-ethyl adjacent to an activating group) is 1. The van der Waals surface area contributed by atoms with E-state index in [1.54, 1.807) is 0 Å². The second-order valence-corrected chi connectivity index (χ2v) is 6.25. The molecule has 1 aromatic carbocycles. The van der Waals surface area contributed by atoms with Crippen molar-refractivity contribution in [2.24, 2.45) is 0 Å². The number of carbonyl (C=O) groups is 1. The highest BCUT2D eigenvalue weighted by atomic mass is 16.2. The fourth-order valence-electron chi connectivity index (χ4n) is 3.35. The van der Waals surface area contributed by atoms with Crippen LogP contribution in [0.1, 0.15) is 29.9 Å². The van der Waals surface area contributed by atoms with Crippen LogP contribution in [0.5, 0.6) is 0 Å². The lowest BCUT2D eigenvalue weighted by atomic mass is 9.87. The van der Waals surface area contributed by atoms with Crippen LogP contribution in [0.4, 0.5) is 0 Å². The molecule has 4 nitrogen and oxygen atoms in total. The van der Waals surface area contributed by atoms with Crippen LogP contribution in [0.3, 0.4) is 0 Å². The summed E-state index contributed by atoms with van der Waals surface area (Å²) < 4.78 is 0. The maximum atomic E-state index is 12.3. The topological polar surface area (TPSA) is 35.6 Å². The quantitative estimate of drug-likeness (QED) is 0.913. The number of nitrogens with zero attached hydrogens (tertiary/aromatic N) is 2. The SMILES string of the molecule is CN1CCN(C(=O)CCC2CNCc3ccccc32)CC1. The van der Waals surface area contributed by atoms with E-state index >= 15 is 0 Å². The van der Waals surface area contributed by atoms with Gasteiger partial charge in [0.1, 0.15) is 0 Å². The summed E-state index contributed by atoms with van der Waals surface area (Å²) in [7, 11) is 2.12. The summed E-state index contributed by atoms with van der Waals surface area (Å²) in [6.07, 6.45) is 1.62. The number of hydrogen-bond acceptors (Lipinski definition) is 3. The lowest BCUT2D eigenvalue weighted by molar-refractivity contribution is -0.132. The molecule has 1 amide bonds. The van der Waals surface area contributed by atoms with Crippen LogP contribution in [-0.4, -0.2) is 55.5 Å². The Hall–Kier alpha value is -1.39. The van der Waals surface area contributed by atoms with Gasteiger partial charge in [-0.2, -0.15) is 0 Å². The third-order valence-corrected chi connectivity index (χ3v) is 4.76. The molecule has 0 radical (unpaired) electrons. The Balaban J connectivity index is 1.55. The van der Waals surface area contributed by atoms with Gasteiger partial charge in [-0.05, 0) is 30.5 Å². The Morgan fingerprint density at radius 1 is 1.24 bits per heavy atom. The van der Waals surface area contributed by atoms with E-state index in [1.807, 2.05) is 4.90 Å². The summed E-state index contributed by atoms with van der Waals surface area (Å²) in [5, 5.41) is 3.47. The monoisotopic (exact) mass is 287 g/mol. The molecule has 0 saturated carbocycles. The summed E-state index contributed by atoms with van der Waals surface area (Å²) in [6.45, 7) is 5.72. The second kappa shape index (κ2) is 6.58. The number of piperazine rings is 1. The highest BCUT2D eigenvalue weighted by Gasteiger charge is 2.23. The molecule has 0 aromatic heterocycles. The Morgan fingerprint density at radius 2 is 2.00 bits per heavy atom. The molecule has 1 fully saturated rings. The summed E-state index contributed by atoms with van der Waals surface area (Å²) in [5.41, 5.74) is 2.82. The predicted molar refractivity (Wildman–Crippen MR) is 84.2 cm³/mol. The molecule has 1 N–H and O–H groups in total. The van der Waals surface area contributed by atoms with Crippen LogP contribution in [0.15, 0.2) is 24.3 Å². The van der Waals surface area contributed by atoms with Gasteiger partial charge in [0.05, 0.1) is 0 Å². The first-order valence-electron chi connectivity index (χ1n) is 7.99. The number of fused-ring (bicyclic) bond motifs is 1. The number of hydrogen-bond donors (Lipinski definition) is 1. The Kier molecular flexibility index (Phi) is 4.56. The molecule has 2 heterocycles. The summed E-state index contributed by atoms with van der Waals surface area (Å²) in [5.74, 6) is 0.803. The molecule has 2 aliphatic heterocycles. The lowest BCUT2D eigenvalue weighted by Gasteiger charge is -2.33. The molecule has 0 spiro atoms. The summed E-state index contributed by atoms with van der Waals surface area (Å²) in [4.78, 5) is 16.7. The van der Waals surface area contributed by atoms with Gasteiger partial charge in [0.2, 0.25) is 5.91 Å². The van der Waals surface area contributed by atoms with Crippen molar-refractivity contribution in [1.29, 1.82) is 0 Å². The Bertz CT molecular complexity index is 495. The minimum absolute atomic E-state index is 0.325. The largest absolute Gasteiger partial charge is 0.340 e. The van der Waals surface area contributed by atoms with Gasteiger partial charge in [0, 0.05) is 45.7 Å². The van der Waals surface area contributed by atoms with Gasteiger partial charge < -0.3 is 15.1 Å². The highest BCUT2D eigenvalue weighted by molar-refractivity contribution is 5.76. The van der Waals surface area contributed by atoms with Gasteiger partial charge >= 0.3 is 0 Å². The molecule has 1 aromatic rings. The van der Waals surface area contributed by atoms with Crippen LogP contribution in [-0.2, 0) is 11.3 Å². The third-order valence-electron chi connectivity index (χ3n) is 4.76. The van der Waals surface area contributed by atoms with Crippen molar-refractivity contribution >= 4 is 5.91 Å². The molecule has 1 unspecified atom stereocenters. The first-order valence-corrected chi connectivity index (χ1v) is 7.99. The van der Waals surface area contributed by atoms with Crippen molar-refractivity contribution in [2.75, 3.05) is 39.8 Å². The van der Waals surface area contributed by atoms with E-state index in [-0.39, 0.29) is 0 Å². The van der Waals surface area contributed by atoms with Gasteiger partial charge in [0.15, 0.2) is 0 Å². The minimum atomic E-state index is 0.325. The van der Waals surface area contributed by atoms with E-state index in [0.717, 1.165) is 45.7 Å². The molecule has 2 aliphatic rings. The summed E-state index contributed by atoms with van der Waals surface area (Å²) in [6, 6.07) is 8.62. The maximum Gasteiger partial charge on any atom is 0.222 e. The number of amides is 1. The van der Waals surface area contributed by atoms with Gasteiger partial charge in [-0.3, -0.25) is 4.79 Å². The molecule has 21 heavy (non-hydrogen) atoms. The average molecular weight is 287 g/mol. The van der Waals surface area contributed by atoms with Crippen molar-refractivity contribution in [2.45, 2.75) is 25.3 Å². The van der Waals surface area contributed by atoms with Crippen LogP contribution < -0.4 is 5.32 Å². The molecule has 0 bridgehead atoms. The molecule has 1 saturated heterocycles.